The number of aryl methyl sites for hydroxylation is 2. The Morgan fingerprint density at radius 3 is 2.89 bits per heavy atom. The molecule has 104 valence electrons. The fourth-order valence-corrected chi connectivity index (χ4v) is 3.73. The van der Waals surface area contributed by atoms with E-state index in [9.17, 15) is 9.90 Å². The number of aromatic carboxylic acids is 1. The molecule has 1 unspecified atom stereocenters. The van der Waals surface area contributed by atoms with Gasteiger partial charge in [0, 0.05) is 17.0 Å². The maximum atomic E-state index is 11.3. The standard InChI is InChI=1S/C14H20N2O2S/c1-9-7-10(2)16-12(11(9)13(17)18)15-8-14(3)5-4-6-19-14/h7H,4-6,8H2,1-3H3,(H,15,16)(H,17,18). The van der Waals surface area contributed by atoms with Crippen molar-refractivity contribution < 1.29 is 9.90 Å². The van der Waals surface area contributed by atoms with Crippen LogP contribution in [0.3, 0.4) is 0 Å². The number of aromatic nitrogens is 1. The highest BCUT2D eigenvalue weighted by Gasteiger charge is 2.30. The van der Waals surface area contributed by atoms with E-state index >= 15 is 0 Å². The Labute approximate surface area is 118 Å². The van der Waals surface area contributed by atoms with Gasteiger partial charge in [-0.25, -0.2) is 9.78 Å². The van der Waals surface area contributed by atoms with Crippen LogP contribution in [0.4, 0.5) is 5.82 Å². The van der Waals surface area contributed by atoms with Crippen molar-refractivity contribution in [1.29, 1.82) is 0 Å². The lowest BCUT2D eigenvalue weighted by Crippen LogP contribution is -2.28. The normalized spacial score (nSPS) is 22.5. The van der Waals surface area contributed by atoms with Crippen LogP contribution in [0.15, 0.2) is 6.07 Å². The molecule has 5 heteroatoms. The Morgan fingerprint density at radius 2 is 2.32 bits per heavy atom. The van der Waals surface area contributed by atoms with Crippen molar-refractivity contribution in [3.05, 3.63) is 22.9 Å². The van der Waals surface area contributed by atoms with Crippen LogP contribution in [0.5, 0.6) is 0 Å². The summed E-state index contributed by atoms with van der Waals surface area (Å²) in [6.07, 6.45) is 2.40. The van der Waals surface area contributed by atoms with E-state index in [1.807, 2.05) is 25.6 Å². The van der Waals surface area contributed by atoms with E-state index in [1.54, 1.807) is 6.07 Å². The van der Waals surface area contributed by atoms with Crippen LogP contribution in [0.2, 0.25) is 0 Å². The first-order valence-corrected chi connectivity index (χ1v) is 7.49. The van der Waals surface area contributed by atoms with E-state index in [0.29, 0.717) is 5.82 Å². The number of nitrogens with zero attached hydrogens (tertiary/aromatic N) is 1. The molecule has 1 aromatic heterocycles. The van der Waals surface area contributed by atoms with Crippen LogP contribution < -0.4 is 5.32 Å². The highest BCUT2D eigenvalue weighted by Crippen LogP contribution is 2.37. The molecule has 1 aromatic rings. The third-order valence-corrected chi connectivity index (χ3v) is 5.03. The van der Waals surface area contributed by atoms with Crippen molar-refractivity contribution in [3.8, 4) is 0 Å². The van der Waals surface area contributed by atoms with Crippen LogP contribution in [0, 0.1) is 13.8 Å². The molecule has 2 rings (SSSR count). The lowest BCUT2D eigenvalue weighted by atomic mass is 10.1. The summed E-state index contributed by atoms with van der Waals surface area (Å²) >= 11 is 1.95. The number of thioether (sulfide) groups is 1. The SMILES string of the molecule is Cc1cc(C)c(C(=O)O)c(NCC2(C)CCCS2)n1. The summed E-state index contributed by atoms with van der Waals surface area (Å²) in [6.45, 7) is 6.68. The minimum Gasteiger partial charge on any atom is -0.478 e. The zero-order valence-corrected chi connectivity index (χ0v) is 12.4. The first-order chi connectivity index (χ1) is 8.91. The van der Waals surface area contributed by atoms with Crippen LogP contribution >= 0.6 is 11.8 Å². The molecule has 0 bridgehead atoms. The highest BCUT2D eigenvalue weighted by atomic mass is 32.2. The maximum Gasteiger partial charge on any atom is 0.339 e. The van der Waals surface area contributed by atoms with E-state index in [0.717, 1.165) is 24.2 Å². The second-order valence-corrected chi connectivity index (χ2v) is 7.05. The van der Waals surface area contributed by atoms with E-state index in [2.05, 4.69) is 17.2 Å². The fraction of sp³-hybridized carbons (Fsp3) is 0.571. The molecule has 2 N–H and O–H groups in total. The van der Waals surface area contributed by atoms with Crippen molar-refractivity contribution >= 4 is 23.5 Å². The lowest BCUT2D eigenvalue weighted by Gasteiger charge is -2.24. The number of rotatable bonds is 4. The number of nitrogens with one attached hydrogen (secondary N) is 1. The lowest BCUT2D eigenvalue weighted by molar-refractivity contribution is 0.0697. The van der Waals surface area contributed by atoms with Gasteiger partial charge < -0.3 is 10.4 Å². The Balaban J connectivity index is 2.21. The van der Waals surface area contributed by atoms with E-state index < -0.39 is 5.97 Å². The third-order valence-electron chi connectivity index (χ3n) is 3.49. The second kappa shape index (κ2) is 5.41. The summed E-state index contributed by atoms with van der Waals surface area (Å²) in [5, 5.41) is 12.6. The second-order valence-electron chi connectivity index (χ2n) is 5.36. The average Bonchev–Trinajstić information content (AvgIpc) is 2.72. The van der Waals surface area contributed by atoms with Crippen molar-refractivity contribution in [2.75, 3.05) is 17.6 Å². The van der Waals surface area contributed by atoms with Crippen molar-refractivity contribution in [2.24, 2.45) is 0 Å². The summed E-state index contributed by atoms with van der Waals surface area (Å²) in [4.78, 5) is 15.7. The van der Waals surface area contributed by atoms with Crippen LogP contribution in [-0.2, 0) is 0 Å². The number of carbonyl (C=O) groups is 1. The number of anilines is 1. The number of carboxylic acid groups (broad SMARTS) is 1. The topological polar surface area (TPSA) is 62.2 Å². The monoisotopic (exact) mass is 280 g/mol. The van der Waals surface area contributed by atoms with Gasteiger partial charge in [0.25, 0.3) is 0 Å². The molecule has 2 heterocycles. The van der Waals surface area contributed by atoms with E-state index in [1.165, 1.54) is 12.2 Å². The molecule has 19 heavy (non-hydrogen) atoms. The summed E-state index contributed by atoms with van der Waals surface area (Å²) in [6, 6.07) is 1.81. The summed E-state index contributed by atoms with van der Waals surface area (Å²) < 4.78 is 0.190. The average molecular weight is 280 g/mol. The molecule has 0 spiro atoms. The third kappa shape index (κ3) is 3.21. The van der Waals surface area contributed by atoms with Gasteiger partial charge in [0.2, 0.25) is 0 Å². The van der Waals surface area contributed by atoms with E-state index in [-0.39, 0.29) is 10.3 Å². The Hall–Kier alpha value is -1.23. The van der Waals surface area contributed by atoms with Gasteiger partial charge in [-0.05, 0) is 51.0 Å². The van der Waals surface area contributed by atoms with Crippen LogP contribution in [0.25, 0.3) is 0 Å². The Bertz CT molecular complexity index is 496. The van der Waals surface area contributed by atoms with Gasteiger partial charge in [-0.1, -0.05) is 0 Å². The molecule has 1 fully saturated rings. The molecule has 1 aliphatic heterocycles. The zero-order valence-electron chi connectivity index (χ0n) is 11.6. The highest BCUT2D eigenvalue weighted by molar-refractivity contribution is 8.00. The van der Waals surface area contributed by atoms with Crippen molar-refractivity contribution in [1.82, 2.24) is 4.98 Å². The minimum atomic E-state index is -0.920. The number of hydrogen-bond acceptors (Lipinski definition) is 4. The van der Waals surface area contributed by atoms with Gasteiger partial charge in [0.05, 0.1) is 0 Å². The van der Waals surface area contributed by atoms with Gasteiger partial charge in [0.1, 0.15) is 11.4 Å². The van der Waals surface area contributed by atoms with Crippen LogP contribution in [0.1, 0.15) is 41.4 Å². The Kier molecular flexibility index (Phi) is 4.04. The first kappa shape index (κ1) is 14.2. The van der Waals surface area contributed by atoms with Crippen molar-refractivity contribution in [2.45, 2.75) is 38.4 Å². The summed E-state index contributed by atoms with van der Waals surface area (Å²) in [7, 11) is 0. The predicted molar refractivity (Wildman–Crippen MR) is 79.3 cm³/mol. The van der Waals surface area contributed by atoms with Gasteiger partial charge in [-0.3, -0.25) is 0 Å². The van der Waals surface area contributed by atoms with Gasteiger partial charge in [-0.15, -0.1) is 0 Å². The molecule has 4 nitrogen and oxygen atoms in total. The molecule has 0 saturated carbocycles. The van der Waals surface area contributed by atoms with Crippen LogP contribution in [-0.4, -0.2) is 33.1 Å². The fourth-order valence-electron chi connectivity index (χ4n) is 2.48. The van der Waals surface area contributed by atoms with Gasteiger partial charge in [0.15, 0.2) is 0 Å². The molecule has 1 atom stereocenters. The molecule has 1 aliphatic rings. The summed E-state index contributed by atoms with van der Waals surface area (Å²) in [5.41, 5.74) is 1.89. The zero-order chi connectivity index (χ0) is 14.0. The Morgan fingerprint density at radius 1 is 1.58 bits per heavy atom. The molecule has 1 saturated heterocycles. The predicted octanol–water partition coefficient (Wildman–Crippen LogP) is 3.09. The number of hydrogen-bond donors (Lipinski definition) is 2. The van der Waals surface area contributed by atoms with Gasteiger partial charge >= 0.3 is 5.97 Å². The molecular formula is C14H20N2O2S. The first-order valence-electron chi connectivity index (χ1n) is 6.51. The molecule has 0 amide bonds. The summed E-state index contributed by atoms with van der Waals surface area (Å²) in [5.74, 6) is 0.764. The number of carboxylic acids is 1. The van der Waals surface area contributed by atoms with Gasteiger partial charge in [-0.2, -0.15) is 11.8 Å². The quantitative estimate of drug-likeness (QED) is 0.887. The smallest absolute Gasteiger partial charge is 0.339 e. The largest absolute Gasteiger partial charge is 0.478 e. The molecular weight excluding hydrogens is 260 g/mol. The molecule has 0 aromatic carbocycles. The molecule has 0 aliphatic carbocycles. The van der Waals surface area contributed by atoms with Crippen molar-refractivity contribution in [3.63, 3.8) is 0 Å². The van der Waals surface area contributed by atoms with E-state index in [4.69, 9.17) is 0 Å². The maximum absolute atomic E-state index is 11.3. The minimum absolute atomic E-state index is 0.190. The number of pyridine rings is 1. The molecule has 0 radical (unpaired) electrons.